The number of amides is 2. The van der Waals surface area contributed by atoms with Crippen LogP contribution in [0.15, 0.2) is 151 Å². The molecule has 244 valence electrons. The first-order valence-electron chi connectivity index (χ1n) is 16.8. The Balaban J connectivity index is 1.40. The van der Waals surface area contributed by atoms with Gasteiger partial charge in [0, 0.05) is 5.92 Å². The Kier molecular flexibility index (Phi) is 11.2. The van der Waals surface area contributed by atoms with Crippen LogP contribution in [-0.4, -0.2) is 23.2 Å². The van der Waals surface area contributed by atoms with Gasteiger partial charge in [0.2, 0.25) is 0 Å². The van der Waals surface area contributed by atoms with Gasteiger partial charge in [-0.25, -0.2) is 20.0 Å². The molecule has 2 aliphatic rings. The third-order valence-electron chi connectivity index (χ3n) is 8.95. The molecule has 4 aromatic carbocycles. The van der Waals surface area contributed by atoms with Crippen LogP contribution in [0.5, 0.6) is 0 Å². The van der Waals surface area contributed by atoms with E-state index in [1.54, 1.807) is 0 Å². The summed E-state index contributed by atoms with van der Waals surface area (Å²) < 4.78 is 11.5. The van der Waals surface area contributed by atoms with Crippen molar-refractivity contribution < 1.29 is 19.1 Å². The molecule has 2 aliphatic carbocycles. The smallest absolute Gasteiger partial charge is 0.429 e. The van der Waals surface area contributed by atoms with Gasteiger partial charge in [-0.2, -0.15) is 0 Å². The topological polar surface area (TPSA) is 67.9 Å². The minimum Gasteiger partial charge on any atom is -0.443 e. The van der Waals surface area contributed by atoms with Crippen molar-refractivity contribution in [3.05, 3.63) is 173 Å². The molecule has 0 saturated heterocycles. The first-order valence-corrected chi connectivity index (χ1v) is 16.8. The van der Waals surface area contributed by atoms with Gasteiger partial charge in [-0.3, -0.25) is 0 Å². The summed E-state index contributed by atoms with van der Waals surface area (Å²) in [5.41, 5.74) is 8.39. The molecule has 4 aromatic rings. The van der Waals surface area contributed by atoms with E-state index in [1.807, 2.05) is 97.1 Å². The number of nitrogens with zero attached hydrogens (tertiary/aromatic N) is 1. The molecule has 6 nitrogen and oxygen atoms in total. The van der Waals surface area contributed by atoms with Crippen LogP contribution in [0.25, 0.3) is 5.57 Å². The number of benzene rings is 4. The molecule has 1 saturated carbocycles. The maximum atomic E-state index is 14.2. The molecule has 6 heteroatoms. The molecule has 6 rings (SSSR count). The van der Waals surface area contributed by atoms with Crippen molar-refractivity contribution in [2.45, 2.75) is 51.4 Å². The summed E-state index contributed by atoms with van der Waals surface area (Å²) in [4.78, 5) is 27.6. The van der Waals surface area contributed by atoms with Gasteiger partial charge >= 0.3 is 12.2 Å². The van der Waals surface area contributed by atoms with Gasteiger partial charge in [-0.1, -0.05) is 165 Å². The Morgan fingerprint density at radius 2 is 1.19 bits per heavy atom. The molecule has 48 heavy (non-hydrogen) atoms. The average molecular weight is 639 g/mol. The van der Waals surface area contributed by atoms with Crippen LogP contribution >= 0.6 is 0 Å². The SMILES string of the molecule is O=C(NN(C(=O)OCc1ccccc1)[C@H]1C(=C(c2ccccc2)c2ccccc2)C=C[C@@H]1/C=C/C1CCCCC1)OCc1ccccc1. The molecular formula is C42H42N2O4. The van der Waals surface area contributed by atoms with Crippen LogP contribution in [0.1, 0.15) is 54.4 Å². The number of nitrogens with one attached hydrogen (secondary N) is 1. The van der Waals surface area contributed by atoms with Gasteiger partial charge in [-0.05, 0) is 52.2 Å². The normalized spacial score (nSPS) is 17.6. The maximum Gasteiger partial charge on any atom is 0.429 e. The monoisotopic (exact) mass is 638 g/mol. The molecular weight excluding hydrogens is 596 g/mol. The van der Waals surface area contributed by atoms with Gasteiger partial charge in [0.05, 0.1) is 6.04 Å². The van der Waals surface area contributed by atoms with E-state index < -0.39 is 18.2 Å². The number of carbonyl (C=O) groups excluding carboxylic acids is 2. The highest BCUT2D eigenvalue weighted by Crippen LogP contribution is 2.39. The lowest BCUT2D eigenvalue weighted by molar-refractivity contribution is 0.0499. The van der Waals surface area contributed by atoms with Crippen molar-refractivity contribution in [1.29, 1.82) is 0 Å². The van der Waals surface area contributed by atoms with Crippen molar-refractivity contribution in [3.8, 4) is 0 Å². The summed E-state index contributed by atoms with van der Waals surface area (Å²) >= 11 is 0. The van der Waals surface area contributed by atoms with Gasteiger partial charge in [-0.15, -0.1) is 0 Å². The van der Waals surface area contributed by atoms with E-state index in [9.17, 15) is 9.59 Å². The van der Waals surface area contributed by atoms with Crippen molar-refractivity contribution in [2.75, 3.05) is 0 Å². The number of hydrogen-bond donors (Lipinski definition) is 1. The Morgan fingerprint density at radius 3 is 1.75 bits per heavy atom. The fourth-order valence-electron chi connectivity index (χ4n) is 6.53. The summed E-state index contributed by atoms with van der Waals surface area (Å²) in [7, 11) is 0. The van der Waals surface area contributed by atoms with E-state index in [0.717, 1.165) is 46.2 Å². The third-order valence-corrected chi connectivity index (χ3v) is 8.95. The van der Waals surface area contributed by atoms with Crippen molar-refractivity contribution in [3.63, 3.8) is 0 Å². The Bertz CT molecular complexity index is 1670. The van der Waals surface area contributed by atoms with Crippen LogP contribution in [-0.2, 0) is 22.7 Å². The highest BCUT2D eigenvalue weighted by atomic mass is 16.6. The number of rotatable bonds is 9. The van der Waals surface area contributed by atoms with Crippen LogP contribution in [0.3, 0.4) is 0 Å². The Morgan fingerprint density at radius 1 is 0.667 bits per heavy atom. The van der Waals surface area contributed by atoms with Crippen LogP contribution in [0, 0.1) is 11.8 Å². The zero-order valence-corrected chi connectivity index (χ0v) is 27.1. The summed E-state index contributed by atoms with van der Waals surface area (Å²) in [5, 5.41) is 1.33. The second-order valence-electron chi connectivity index (χ2n) is 12.3. The zero-order chi connectivity index (χ0) is 33.0. The quantitative estimate of drug-likeness (QED) is 0.146. The van der Waals surface area contributed by atoms with Crippen molar-refractivity contribution in [2.24, 2.45) is 11.8 Å². The highest BCUT2D eigenvalue weighted by Gasteiger charge is 2.39. The fraction of sp³-hybridized carbons (Fsp3) is 0.238. The second kappa shape index (κ2) is 16.5. The number of hydrazine groups is 1. The summed E-state index contributed by atoms with van der Waals surface area (Å²) in [6.07, 6.45) is 13.4. The van der Waals surface area contributed by atoms with E-state index in [0.29, 0.717) is 5.92 Å². The standard InChI is InChI=1S/C42H42N2O4/c45-41(47-30-33-18-8-2-9-19-33)43-44(42(46)48-31-34-20-10-3-11-21-34)40-37(27-26-32-16-6-1-7-17-32)28-29-38(40)39(35-22-12-4-13-23-35)36-24-14-5-15-25-36/h2-5,8-15,18-29,32,37,40H,1,6-7,16-17,30-31H2,(H,43,45)/b27-26+/t37-,40+/m0/s1. The molecule has 2 atom stereocenters. The first kappa shape index (κ1) is 32.6. The molecule has 0 heterocycles. The van der Waals surface area contributed by atoms with E-state index >= 15 is 0 Å². The number of hydrogen-bond acceptors (Lipinski definition) is 4. The zero-order valence-electron chi connectivity index (χ0n) is 27.1. The molecule has 0 aromatic heterocycles. The molecule has 0 spiro atoms. The summed E-state index contributed by atoms with van der Waals surface area (Å²) in [5.74, 6) is 0.272. The van der Waals surface area contributed by atoms with Crippen molar-refractivity contribution >= 4 is 17.8 Å². The van der Waals surface area contributed by atoms with E-state index in [2.05, 4.69) is 54.0 Å². The highest BCUT2D eigenvalue weighted by molar-refractivity contribution is 5.86. The molecule has 0 aliphatic heterocycles. The molecule has 0 bridgehead atoms. The van der Waals surface area contributed by atoms with Gasteiger partial charge in [0.1, 0.15) is 13.2 Å². The lowest BCUT2D eigenvalue weighted by atomic mass is 9.86. The van der Waals surface area contributed by atoms with Crippen LogP contribution in [0.2, 0.25) is 0 Å². The van der Waals surface area contributed by atoms with Crippen LogP contribution in [0.4, 0.5) is 9.59 Å². The third kappa shape index (κ3) is 8.51. The van der Waals surface area contributed by atoms with E-state index in [-0.39, 0.29) is 19.1 Å². The van der Waals surface area contributed by atoms with E-state index in [1.165, 1.54) is 24.3 Å². The predicted molar refractivity (Wildman–Crippen MR) is 189 cm³/mol. The minimum absolute atomic E-state index is 0.0585. The average Bonchev–Trinajstić information content (AvgIpc) is 3.56. The summed E-state index contributed by atoms with van der Waals surface area (Å²) in [6.45, 7) is 0.123. The Labute approximate surface area is 283 Å². The number of allylic oxidation sites excluding steroid dienone is 1. The fourth-order valence-corrected chi connectivity index (χ4v) is 6.53. The van der Waals surface area contributed by atoms with E-state index in [4.69, 9.17) is 9.47 Å². The molecule has 0 radical (unpaired) electrons. The largest absolute Gasteiger partial charge is 0.443 e. The molecule has 1 N–H and O–H groups in total. The molecule has 1 fully saturated rings. The maximum absolute atomic E-state index is 14.2. The lowest BCUT2D eigenvalue weighted by Crippen LogP contribution is -2.54. The number of carbonyl (C=O) groups is 2. The summed E-state index contributed by atoms with van der Waals surface area (Å²) in [6, 6.07) is 38.7. The molecule has 2 amide bonds. The second-order valence-corrected chi connectivity index (χ2v) is 12.3. The van der Waals surface area contributed by atoms with Crippen LogP contribution < -0.4 is 5.43 Å². The Hall–Kier alpha value is -5.36. The van der Waals surface area contributed by atoms with Gasteiger partial charge in [0.25, 0.3) is 0 Å². The van der Waals surface area contributed by atoms with Gasteiger partial charge in [0.15, 0.2) is 0 Å². The lowest BCUT2D eigenvalue weighted by Gasteiger charge is -2.33. The first-order chi connectivity index (χ1) is 23.7. The predicted octanol–water partition coefficient (Wildman–Crippen LogP) is 9.66. The van der Waals surface area contributed by atoms with Gasteiger partial charge < -0.3 is 9.47 Å². The number of ether oxygens (including phenoxy) is 2. The molecule has 0 unspecified atom stereocenters. The van der Waals surface area contributed by atoms with Crippen molar-refractivity contribution in [1.82, 2.24) is 10.4 Å². The minimum atomic E-state index is -0.738.